The topological polar surface area (TPSA) is 61.4 Å². The van der Waals surface area contributed by atoms with Crippen LogP contribution in [0.25, 0.3) is 20.7 Å². The predicted molar refractivity (Wildman–Crippen MR) is 122 cm³/mol. The standard InChI is InChI=1S/C22H24ClN5OS/c1-14(22(29)26-17-6-7-17)27-8-10-28(11-9-27)21-20-18(24-13-25-21)12-19(30-20)15-2-4-16(23)5-3-15/h2-5,12-14,17H,6-11H2,1H3,(H,26,29). The first-order valence-electron chi connectivity index (χ1n) is 10.4. The fourth-order valence-corrected chi connectivity index (χ4v) is 5.12. The minimum atomic E-state index is -0.0867. The fraction of sp³-hybridized carbons (Fsp3) is 0.409. The molecule has 1 aliphatic carbocycles. The van der Waals surface area contributed by atoms with E-state index in [1.165, 1.54) is 0 Å². The Morgan fingerprint density at radius 1 is 1.17 bits per heavy atom. The summed E-state index contributed by atoms with van der Waals surface area (Å²) in [6.45, 7) is 5.40. The predicted octanol–water partition coefficient (Wildman–Crippen LogP) is 3.80. The van der Waals surface area contributed by atoms with Crippen molar-refractivity contribution in [3.8, 4) is 10.4 Å². The number of nitrogens with zero attached hydrogens (tertiary/aromatic N) is 4. The molecule has 0 radical (unpaired) electrons. The number of anilines is 1. The van der Waals surface area contributed by atoms with Crippen molar-refractivity contribution in [1.82, 2.24) is 20.2 Å². The summed E-state index contributed by atoms with van der Waals surface area (Å²) in [5, 5.41) is 3.85. The molecule has 0 bridgehead atoms. The third-order valence-corrected chi connectivity index (χ3v) is 7.31. The van der Waals surface area contributed by atoms with E-state index in [4.69, 9.17) is 11.6 Å². The number of amides is 1. The first-order valence-corrected chi connectivity index (χ1v) is 11.6. The molecule has 156 valence electrons. The van der Waals surface area contributed by atoms with E-state index in [9.17, 15) is 4.79 Å². The number of thiophene rings is 1. The first-order chi connectivity index (χ1) is 14.6. The zero-order valence-corrected chi connectivity index (χ0v) is 18.4. The molecule has 3 aromatic rings. The monoisotopic (exact) mass is 441 g/mol. The zero-order chi connectivity index (χ0) is 20.7. The molecule has 2 fully saturated rings. The Morgan fingerprint density at radius 2 is 1.90 bits per heavy atom. The van der Waals surface area contributed by atoms with Gasteiger partial charge in [-0.25, -0.2) is 9.97 Å². The number of aromatic nitrogens is 2. The lowest BCUT2D eigenvalue weighted by Gasteiger charge is -2.38. The molecule has 2 aliphatic rings. The molecule has 1 unspecified atom stereocenters. The Morgan fingerprint density at radius 3 is 2.60 bits per heavy atom. The van der Waals surface area contributed by atoms with Gasteiger partial charge in [0.25, 0.3) is 0 Å². The average Bonchev–Trinajstić information content (AvgIpc) is 3.47. The minimum Gasteiger partial charge on any atom is -0.353 e. The quantitative estimate of drug-likeness (QED) is 0.652. The third kappa shape index (κ3) is 4.02. The Labute approximate surface area is 184 Å². The third-order valence-electron chi connectivity index (χ3n) is 5.89. The van der Waals surface area contributed by atoms with E-state index < -0.39 is 0 Å². The van der Waals surface area contributed by atoms with Crippen molar-refractivity contribution in [1.29, 1.82) is 0 Å². The molecule has 1 atom stereocenters. The number of nitrogens with one attached hydrogen (secondary N) is 1. The first kappa shape index (κ1) is 19.7. The number of benzene rings is 1. The van der Waals surface area contributed by atoms with E-state index in [-0.39, 0.29) is 11.9 Å². The van der Waals surface area contributed by atoms with Crippen LogP contribution in [0.4, 0.5) is 5.82 Å². The second-order valence-corrected chi connectivity index (χ2v) is 9.50. The summed E-state index contributed by atoms with van der Waals surface area (Å²) in [5.74, 6) is 1.14. The van der Waals surface area contributed by atoms with E-state index in [1.807, 2.05) is 31.2 Å². The normalized spacial score (nSPS) is 18.5. The molecule has 1 saturated heterocycles. The lowest BCUT2D eigenvalue weighted by Crippen LogP contribution is -2.54. The Hall–Kier alpha value is -2.22. The summed E-state index contributed by atoms with van der Waals surface area (Å²) >= 11 is 7.75. The van der Waals surface area contributed by atoms with E-state index in [0.717, 1.165) is 70.5 Å². The van der Waals surface area contributed by atoms with Crippen LogP contribution in [-0.4, -0.2) is 59.0 Å². The molecule has 0 spiro atoms. The SMILES string of the molecule is CC(C(=O)NC1CC1)N1CCN(c2ncnc3cc(-c4ccc(Cl)cc4)sc23)CC1. The van der Waals surface area contributed by atoms with Crippen LogP contribution in [-0.2, 0) is 4.79 Å². The van der Waals surface area contributed by atoms with Crippen molar-refractivity contribution in [2.45, 2.75) is 31.8 Å². The van der Waals surface area contributed by atoms with Gasteiger partial charge in [0.15, 0.2) is 0 Å². The van der Waals surface area contributed by atoms with Crippen LogP contribution >= 0.6 is 22.9 Å². The molecule has 3 heterocycles. The Kier molecular flexibility index (Phi) is 5.35. The number of hydrogen-bond acceptors (Lipinski definition) is 6. The van der Waals surface area contributed by atoms with Crippen LogP contribution in [0.2, 0.25) is 5.02 Å². The van der Waals surface area contributed by atoms with Crippen molar-refractivity contribution in [3.05, 3.63) is 41.7 Å². The smallest absolute Gasteiger partial charge is 0.237 e. The van der Waals surface area contributed by atoms with Crippen molar-refractivity contribution >= 4 is 44.9 Å². The van der Waals surface area contributed by atoms with Crippen molar-refractivity contribution in [3.63, 3.8) is 0 Å². The van der Waals surface area contributed by atoms with Gasteiger partial charge in [-0.3, -0.25) is 9.69 Å². The molecular formula is C22H24ClN5OS. The summed E-state index contributed by atoms with van der Waals surface area (Å²) in [6.07, 6.45) is 3.89. The van der Waals surface area contributed by atoms with Gasteiger partial charge < -0.3 is 10.2 Å². The van der Waals surface area contributed by atoms with Crippen molar-refractivity contribution < 1.29 is 4.79 Å². The number of carbonyl (C=O) groups is 1. The van der Waals surface area contributed by atoms with Crippen molar-refractivity contribution in [2.24, 2.45) is 0 Å². The van der Waals surface area contributed by atoms with Gasteiger partial charge in [0.1, 0.15) is 12.1 Å². The highest BCUT2D eigenvalue weighted by molar-refractivity contribution is 7.22. The van der Waals surface area contributed by atoms with Crippen molar-refractivity contribution in [2.75, 3.05) is 31.1 Å². The second-order valence-electron chi connectivity index (χ2n) is 8.01. The molecule has 1 aliphatic heterocycles. The van der Waals surface area contributed by atoms with Gasteiger partial charge in [-0.15, -0.1) is 11.3 Å². The maximum absolute atomic E-state index is 12.4. The highest BCUT2D eigenvalue weighted by Gasteiger charge is 2.30. The average molecular weight is 442 g/mol. The molecule has 1 amide bonds. The lowest BCUT2D eigenvalue weighted by molar-refractivity contribution is -0.126. The number of piperazine rings is 1. The Bertz CT molecular complexity index is 1060. The Balaban J connectivity index is 1.31. The van der Waals surface area contributed by atoms with Gasteiger partial charge in [-0.05, 0) is 43.5 Å². The van der Waals surface area contributed by atoms with Crippen LogP contribution in [0, 0.1) is 0 Å². The maximum atomic E-state index is 12.4. The van der Waals surface area contributed by atoms with Gasteiger partial charge in [0.05, 0.1) is 16.3 Å². The summed E-state index contributed by atoms with van der Waals surface area (Å²) in [4.78, 5) is 27.2. The molecule has 1 saturated carbocycles. The van der Waals surface area contributed by atoms with Crippen LogP contribution in [0.5, 0.6) is 0 Å². The molecule has 2 aromatic heterocycles. The van der Waals surface area contributed by atoms with Crippen LogP contribution in [0.15, 0.2) is 36.7 Å². The minimum absolute atomic E-state index is 0.0867. The highest BCUT2D eigenvalue weighted by Crippen LogP contribution is 2.37. The number of hydrogen-bond donors (Lipinski definition) is 1. The molecule has 1 N–H and O–H groups in total. The summed E-state index contributed by atoms with van der Waals surface area (Å²) in [5.41, 5.74) is 2.10. The molecule has 1 aromatic carbocycles. The summed E-state index contributed by atoms with van der Waals surface area (Å²) in [7, 11) is 0. The number of carbonyl (C=O) groups excluding carboxylic acids is 1. The van der Waals surface area contributed by atoms with Gasteiger partial charge in [0.2, 0.25) is 5.91 Å². The molecule has 30 heavy (non-hydrogen) atoms. The summed E-state index contributed by atoms with van der Waals surface area (Å²) in [6, 6.07) is 10.3. The number of fused-ring (bicyclic) bond motifs is 1. The maximum Gasteiger partial charge on any atom is 0.237 e. The van der Waals surface area contributed by atoms with Crippen LogP contribution < -0.4 is 10.2 Å². The number of halogens is 1. The largest absolute Gasteiger partial charge is 0.353 e. The van der Waals surface area contributed by atoms with E-state index in [0.29, 0.717) is 6.04 Å². The van der Waals surface area contributed by atoms with Gasteiger partial charge in [0, 0.05) is 42.1 Å². The summed E-state index contributed by atoms with van der Waals surface area (Å²) < 4.78 is 1.11. The zero-order valence-electron chi connectivity index (χ0n) is 16.8. The van der Waals surface area contributed by atoms with Gasteiger partial charge in [-0.2, -0.15) is 0 Å². The molecular weight excluding hydrogens is 418 g/mol. The molecule has 5 rings (SSSR count). The van der Waals surface area contributed by atoms with Gasteiger partial charge >= 0.3 is 0 Å². The van der Waals surface area contributed by atoms with Crippen LogP contribution in [0.3, 0.4) is 0 Å². The van der Waals surface area contributed by atoms with Gasteiger partial charge in [-0.1, -0.05) is 23.7 Å². The lowest BCUT2D eigenvalue weighted by atomic mass is 10.2. The molecule has 8 heteroatoms. The van der Waals surface area contributed by atoms with Crippen LogP contribution in [0.1, 0.15) is 19.8 Å². The highest BCUT2D eigenvalue weighted by atomic mass is 35.5. The van der Waals surface area contributed by atoms with E-state index in [2.05, 4.69) is 31.2 Å². The number of rotatable bonds is 5. The molecule has 6 nitrogen and oxygen atoms in total. The van der Waals surface area contributed by atoms with E-state index >= 15 is 0 Å². The van der Waals surface area contributed by atoms with E-state index in [1.54, 1.807) is 17.7 Å². The second kappa shape index (κ2) is 8.13. The fourth-order valence-electron chi connectivity index (χ4n) is 3.86.